The van der Waals surface area contributed by atoms with Gasteiger partial charge in [0.25, 0.3) is 11.8 Å². The molecule has 0 fully saturated rings. The van der Waals surface area contributed by atoms with Crippen LogP contribution in [0.3, 0.4) is 0 Å². The molecule has 11 heteroatoms. The molecule has 0 bridgehead atoms. The highest BCUT2D eigenvalue weighted by molar-refractivity contribution is 6.02. The minimum absolute atomic E-state index is 0.108. The number of halogens is 3. The number of hydrogen-bond donors (Lipinski definition) is 1. The normalized spacial score (nSPS) is 21.7. The fourth-order valence-corrected chi connectivity index (χ4v) is 3.53. The lowest BCUT2D eigenvalue weighted by molar-refractivity contribution is -0.174. The number of para-hydroxylation sites is 2. The standard InChI is InChI=1S/C18H18F3N5O3/c1-25-11-5-2-3-6-12(11)29-9-10(17(25)28)22-16(27)15-23-14-8-4-7-13(18(19,20)21)26(14)24-15/h2-3,5-6,10,13H,4,7-9H2,1H3,(H,22,27)/t10-,13+/m0/s1. The molecule has 29 heavy (non-hydrogen) atoms. The van der Waals surface area contributed by atoms with Gasteiger partial charge in [-0.25, -0.2) is 9.67 Å². The topological polar surface area (TPSA) is 89.4 Å². The Morgan fingerprint density at radius 3 is 2.83 bits per heavy atom. The Labute approximate surface area is 163 Å². The van der Waals surface area contributed by atoms with Gasteiger partial charge in [-0.2, -0.15) is 13.2 Å². The van der Waals surface area contributed by atoms with Gasteiger partial charge in [-0.05, 0) is 25.0 Å². The van der Waals surface area contributed by atoms with Gasteiger partial charge in [-0.3, -0.25) is 9.59 Å². The average molecular weight is 409 g/mol. The van der Waals surface area contributed by atoms with Crippen molar-refractivity contribution in [2.24, 2.45) is 0 Å². The Morgan fingerprint density at radius 2 is 2.07 bits per heavy atom. The number of nitrogens with one attached hydrogen (secondary N) is 1. The number of anilines is 1. The van der Waals surface area contributed by atoms with Crippen LogP contribution in [0.25, 0.3) is 0 Å². The third-order valence-corrected chi connectivity index (χ3v) is 5.02. The molecule has 2 aromatic rings. The molecule has 2 amide bonds. The number of aryl methyl sites for hydroxylation is 1. The summed E-state index contributed by atoms with van der Waals surface area (Å²) >= 11 is 0. The molecule has 2 aliphatic heterocycles. The fourth-order valence-electron chi connectivity index (χ4n) is 3.53. The van der Waals surface area contributed by atoms with Crippen LogP contribution in [-0.2, 0) is 11.2 Å². The van der Waals surface area contributed by atoms with Crippen molar-refractivity contribution in [2.45, 2.75) is 37.5 Å². The maximum atomic E-state index is 13.2. The number of aromatic nitrogens is 3. The van der Waals surface area contributed by atoms with Crippen LogP contribution < -0.4 is 15.0 Å². The van der Waals surface area contributed by atoms with Gasteiger partial charge in [-0.15, -0.1) is 5.10 Å². The number of carbonyl (C=O) groups is 2. The van der Waals surface area contributed by atoms with Gasteiger partial charge in [0.15, 0.2) is 0 Å². The maximum absolute atomic E-state index is 13.2. The van der Waals surface area contributed by atoms with E-state index in [1.807, 2.05) is 0 Å². The number of alkyl halides is 3. The first kappa shape index (κ1) is 19.2. The van der Waals surface area contributed by atoms with Crippen molar-refractivity contribution in [1.29, 1.82) is 0 Å². The number of amides is 2. The molecule has 154 valence electrons. The molecule has 1 aromatic heterocycles. The minimum atomic E-state index is -4.48. The predicted octanol–water partition coefficient (Wildman–Crippen LogP) is 1.87. The number of ether oxygens (including phenoxy) is 1. The highest BCUT2D eigenvalue weighted by atomic mass is 19.4. The smallest absolute Gasteiger partial charge is 0.410 e. The number of hydrogen-bond acceptors (Lipinski definition) is 5. The number of likely N-dealkylation sites (N-methyl/N-ethyl adjacent to an activating group) is 1. The van der Waals surface area contributed by atoms with Crippen LogP contribution in [0.15, 0.2) is 24.3 Å². The highest BCUT2D eigenvalue weighted by Crippen LogP contribution is 2.37. The van der Waals surface area contributed by atoms with E-state index >= 15 is 0 Å². The van der Waals surface area contributed by atoms with Crippen molar-refractivity contribution in [2.75, 3.05) is 18.6 Å². The molecule has 0 unspecified atom stereocenters. The van der Waals surface area contributed by atoms with Crippen molar-refractivity contribution in [1.82, 2.24) is 20.1 Å². The lowest BCUT2D eigenvalue weighted by Crippen LogP contribution is -2.49. The Bertz CT molecular complexity index is 958. The number of carbonyl (C=O) groups excluding carboxylic acids is 2. The molecular weight excluding hydrogens is 391 g/mol. The van der Waals surface area contributed by atoms with Gasteiger partial charge in [0, 0.05) is 13.5 Å². The number of benzene rings is 1. The van der Waals surface area contributed by atoms with Crippen molar-refractivity contribution < 1.29 is 27.5 Å². The zero-order valence-corrected chi connectivity index (χ0v) is 15.4. The number of rotatable bonds is 2. The molecule has 0 spiro atoms. The summed E-state index contributed by atoms with van der Waals surface area (Å²) in [7, 11) is 1.55. The molecule has 1 N–H and O–H groups in total. The van der Waals surface area contributed by atoms with E-state index in [1.165, 1.54) is 4.90 Å². The third kappa shape index (κ3) is 3.52. The van der Waals surface area contributed by atoms with Crippen LogP contribution >= 0.6 is 0 Å². The predicted molar refractivity (Wildman–Crippen MR) is 94.7 cm³/mol. The molecule has 0 radical (unpaired) electrons. The summed E-state index contributed by atoms with van der Waals surface area (Å²) in [6.45, 7) is -0.120. The molecule has 0 saturated carbocycles. The van der Waals surface area contributed by atoms with Crippen LogP contribution in [0.2, 0.25) is 0 Å². The van der Waals surface area contributed by atoms with E-state index in [1.54, 1.807) is 31.3 Å². The van der Waals surface area contributed by atoms with Crippen LogP contribution in [0.4, 0.5) is 18.9 Å². The first-order chi connectivity index (χ1) is 13.8. The monoisotopic (exact) mass is 409 g/mol. The summed E-state index contributed by atoms with van der Waals surface area (Å²) in [6, 6.07) is 4.09. The Balaban J connectivity index is 1.53. The average Bonchev–Trinajstić information content (AvgIpc) is 3.09. The van der Waals surface area contributed by atoms with E-state index in [0.29, 0.717) is 24.3 Å². The highest BCUT2D eigenvalue weighted by Gasteiger charge is 2.44. The lowest BCUT2D eigenvalue weighted by Gasteiger charge is -2.25. The molecule has 1 aromatic carbocycles. The first-order valence-electron chi connectivity index (χ1n) is 9.08. The molecule has 8 nitrogen and oxygen atoms in total. The first-order valence-corrected chi connectivity index (χ1v) is 9.08. The van der Waals surface area contributed by atoms with Crippen molar-refractivity contribution in [3.8, 4) is 5.75 Å². The largest absolute Gasteiger partial charge is 0.489 e. The van der Waals surface area contributed by atoms with E-state index in [0.717, 1.165) is 4.68 Å². The molecule has 3 heterocycles. The summed E-state index contributed by atoms with van der Waals surface area (Å²) < 4.78 is 46.0. The van der Waals surface area contributed by atoms with Crippen molar-refractivity contribution in [3.05, 3.63) is 35.9 Å². The van der Waals surface area contributed by atoms with E-state index in [4.69, 9.17) is 4.74 Å². The number of fused-ring (bicyclic) bond motifs is 2. The Morgan fingerprint density at radius 1 is 1.31 bits per heavy atom. The van der Waals surface area contributed by atoms with Gasteiger partial charge >= 0.3 is 6.18 Å². The van der Waals surface area contributed by atoms with Gasteiger partial charge < -0.3 is 15.0 Å². The van der Waals surface area contributed by atoms with Crippen molar-refractivity contribution in [3.63, 3.8) is 0 Å². The van der Waals surface area contributed by atoms with Crippen LogP contribution in [0, 0.1) is 0 Å². The molecule has 0 aliphatic carbocycles. The summed E-state index contributed by atoms with van der Waals surface area (Å²) in [4.78, 5) is 30.6. The lowest BCUT2D eigenvalue weighted by atomic mass is 10.1. The second-order valence-corrected chi connectivity index (χ2v) is 6.95. The quantitative estimate of drug-likeness (QED) is 0.818. The maximum Gasteiger partial charge on any atom is 0.410 e. The summed E-state index contributed by atoms with van der Waals surface area (Å²) in [5.41, 5.74) is 0.554. The molecule has 2 aliphatic rings. The fraction of sp³-hybridized carbons (Fsp3) is 0.444. The van der Waals surface area contributed by atoms with Crippen LogP contribution in [0.5, 0.6) is 5.75 Å². The zero-order chi connectivity index (χ0) is 20.8. The zero-order valence-electron chi connectivity index (χ0n) is 15.4. The van der Waals surface area contributed by atoms with Gasteiger partial charge in [-0.1, -0.05) is 12.1 Å². The van der Waals surface area contributed by atoms with Gasteiger partial charge in [0.05, 0.1) is 5.69 Å². The summed E-state index contributed by atoms with van der Waals surface area (Å²) in [5, 5.41) is 6.26. The minimum Gasteiger partial charge on any atom is -0.489 e. The third-order valence-electron chi connectivity index (χ3n) is 5.02. The van der Waals surface area contributed by atoms with Gasteiger partial charge in [0.1, 0.15) is 30.3 Å². The second kappa shape index (κ2) is 7.05. The summed E-state index contributed by atoms with van der Waals surface area (Å²) in [6.07, 6.45) is -3.98. The number of nitrogens with zero attached hydrogens (tertiary/aromatic N) is 4. The van der Waals surface area contributed by atoms with Crippen LogP contribution in [-0.4, -0.2) is 52.5 Å². The van der Waals surface area contributed by atoms with Crippen LogP contribution in [0.1, 0.15) is 35.3 Å². The van der Waals surface area contributed by atoms with E-state index in [9.17, 15) is 22.8 Å². The molecule has 4 rings (SSSR count). The second-order valence-electron chi connectivity index (χ2n) is 6.95. The molecular formula is C18H18F3N5O3. The molecule has 0 saturated heterocycles. The van der Waals surface area contributed by atoms with Gasteiger partial charge in [0.2, 0.25) is 5.82 Å². The van der Waals surface area contributed by atoms with E-state index < -0.39 is 35.9 Å². The molecule has 2 atom stereocenters. The van der Waals surface area contributed by atoms with E-state index in [-0.39, 0.29) is 18.9 Å². The van der Waals surface area contributed by atoms with E-state index in [2.05, 4.69) is 15.4 Å². The Hall–Kier alpha value is -3.11. The van der Waals surface area contributed by atoms with Crippen molar-refractivity contribution >= 4 is 17.5 Å². The summed E-state index contributed by atoms with van der Waals surface area (Å²) in [5.74, 6) is -1.04. The SMILES string of the molecule is CN1C(=O)[C@@H](NC(=O)c2nc3n(n2)[C@@H](C(F)(F)F)CCC3)COc2ccccc21. The Kier molecular flexibility index (Phi) is 4.67.